The van der Waals surface area contributed by atoms with Crippen LogP contribution in [0.15, 0.2) is 96.2 Å². The summed E-state index contributed by atoms with van der Waals surface area (Å²) in [5.74, 6) is -0.727. The number of rotatable bonds is 17. The fraction of sp³-hybridized carbons (Fsp3) is 0.426. The Morgan fingerprint density at radius 1 is 0.987 bits per heavy atom. The van der Waals surface area contributed by atoms with Gasteiger partial charge in [-0.2, -0.15) is 4.98 Å². The van der Waals surface area contributed by atoms with E-state index < -0.39 is 43.4 Å². The zero-order chi connectivity index (χ0) is 52.4. The third-order valence-corrected chi connectivity index (χ3v) is 16.5. The molecule has 2 atom stereocenters. The first-order valence-electron chi connectivity index (χ1n) is 25.3. The van der Waals surface area contributed by atoms with Gasteiger partial charge in [-0.1, -0.05) is 50.2 Å². The number of methoxy groups -OCH3 is 2. The molecular formula is C54H62FN9O10S. The van der Waals surface area contributed by atoms with Crippen LogP contribution in [0.3, 0.4) is 0 Å². The lowest BCUT2D eigenvalue weighted by atomic mass is 9.59. The predicted octanol–water partition coefficient (Wildman–Crippen LogP) is 8.19. The number of ether oxygens (including phenoxy) is 5. The maximum atomic E-state index is 14.9. The van der Waals surface area contributed by atoms with Crippen molar-refractivity contribution in [1.82, 2.24) is 29.5 Å². The van der Waals surface area contributed by atoms with E-state index in [9.17, 15) is 27.7 Å². The third kappa shape index (κ3) is 11.1. The Balaban J connectivity index is 0.861. The third-order valence-electron chi connectivity index (χ3n) is 15.2. The first-order valence-corrected chi connectivity index (χ1v) is 26.8. The number of anilines is 2. The summed E-state index contributed by atoms with van der Waals surface area (Å²) in [6.45, 7) is 10.9. The smallest absolute Gasteiger partial charge is 0.312 e. The topological polar surface area (TPSA) is 216 Å². The zero-order valence-corrected chi connectivity index (χ0v) is 43.2. The van der Waals surface area contributed by atoms with E-state index in [1.807, 2.05) is 16.9 Å². The SMILES string of the molecule is COc1ccc(CN2CCN(C3CC4(CCN(c5ccc(C(=O)NS(=O)(=O)c6cnc(NC[C@H]7COCCO7)c([N+](=O)[O-])c6)c(Oc6cc7c(F)c[nH]c7nc6OC)c5)CC4)C3)[C@H](c3ccccc3C(C)C)C2)cc1. The first-order chi connectivity index (χ1) is 36.2. The molecule has 75 heavy (non-hydrogen) atoms. The van der Waals surface area contributed by atoms with Gasteiger partial charge in [-0.05, 0) is 78.0 Å². The number of sulfonamides is 1. The van der Waals surface area contributed by atoms with Crippen LogP contribution in [0, 0.1) is 21.3 Å². The van der Waals surface area contributed by atoms with Gasteiger partial charge in [0.05, 0.1) is 62.2 Å². The summed E-state index contributed by atoms with van der Waals surface area (Å²) in [5.41, 5.74) is 4.34. The van der Waals surface area contributed by atoms with Crippen LogP contribution < -0.4 is 29.1 Å². The molecule has 4 aliphatic rings. The number of carbonyl (C=O) groups is 1. The number of halogens is 1. The van der Waals surface area contributed by atoms with Gasteiger partial charge in [-0.3, -0.25) is 24.7 Å². The van der Waals surface area contributed by atoms with Gasteiger partial charge in [0.2, 0.25) is 5.82 Å². The fourth-order valence-corrected chi connectivity index (χ4v) is 12.0. The van der Waals surface area contributed by atoms with Crippen LogP contribution in [0.2, 0.25) is 0 Å². The number of pyridine rings is 2. The van der Waals surface area contributed by atoms with Crippen LogP contribution >= 0.6 is 0 Å². The van der Waals surface area contributed by atoms with Crippen LogP contribution in [0.4, 0.5) is 21.6 Å². The number of nitrogens with one attached hydrogen (secondary N) is 3. The highest BCUT2D eigenvalue weighted by Crippen LogP contribution is 2.53. The maximum absolute atomic E-state index is 14.9. The molecule has 6 aromatic rings. The van der Waals surface area contributed by atoms with Crippen molar-refractivity contribution in [2.24, 2.45) is 5.41 Å². The summed E-state index contributed by atoms with van der Waals surface area (Å²) in [4.78, 5) is 43.6. The van der Waals surface area contributed by atoms with Gasteiger partial charge in [0.25, 0.3) is 21.8 Å². The Morgan fingerprint density at radius 2 is 1.77 bits per heavy atom. The normalized spacial score (nSPS) is 19.5. The molecule has 19 nitrogen and oxygen atoms in total. The lowest BCUT2D eigenvalue weighted by molar-refractivity contribution is -0.384. The second-order valence-electron chi connectivity index (χ2n) is 20.2. The molecule has 10 rings (SSSR count). The Morgan fingerprint density at radius 3 is 2.49 bits per heavy atom. The van der Waals surface area contributed by atoms with Crippen molar-refractivity contribution in [2.45, 2.75) is 75.1 Å². The number of nitrogens with zero attached hydrogens (tertiary/aromatic N) is 6. The lowest BCUT2D eigenvalue weighted by Gasteiger charge is -2.58. The van der Waals surface area contributed by atoms with Crippen molar-refractivity contribution in [3.8, 4) is 23.1 Å². The van der Waals surface area contributed by atoms with E-state index >= 15 is 0 Å². The second-order valence-corrected chi connectivity index (χ2v) is 21.8. The van der Waals surface area contributed by atoms with Gasteiger partial charge in [0, 0.05) is 88.0 Å². The maximum Gasteiger partial charge on any atom is 0.312 e. The van der Waals surface area contributed by atoms with Gasteiger partial charge < -0.3 is 38.9 Å². The number of hydrogen-bond acceptors (Lipinski definition) is 16. The molecule has 4 fully saturated rings. The molecule has 3 aromatic heterocycles. The number of amides is 1. The second kappa shape index (κ2) is 21.7. The summed E-state index contributed by atoms with van der Waals surface area (Å²) >= 11 is 0. The summed E-state index contributed by atoms with van der Waals surface area (Å²) < 4.78 is 72.8. The minimum atomic E-state index is -4.75. The quantitative estimate of drug-likeness (QED) is 0.0580. The monoisotopic (exact) mass is 1050 g/mol. The zero-order valence-electron chi connectivity index (χ0n) is 42.4. The highest BCUT2D eigenvalue weighted by atomic mass is 32.2. The molecule has 21 heteroatoms. The number of aromatic nitrogens is 3. The number of hydrogen-bond donors (Lipinski definition) is 3. The molecule has 3 saturated heterocycles. The number of carbonyl (C=O) groups excluding carboxylic acids is 1. The molecule has 1 amide bonds. The van der Waals surface area contributed by atoms with Crippen molar-refractivity contribution >= 4 is 44.2 Å². The Bertz CT molecular complexity index is 3160. The lowest BCUT2D eigenvalue weighted by Crippen LogP contribution is -2.60. The van der Waals surface area contributed by atoms with Crippen molar-refractivity contribution < 1.29 is 46.2 Å². The van der Waals surface area contributed by atoms with Crippen molar-refractivity contribution in [2.75, 3.05) is 83.5 Å². The minimum Gasteiger partial charge on any atom is -0.497 e. The molecule has 396 valence electrons. The van der Waals surface area contributed by atoms with E-state index in [0.29, 0.717) is 25.2 Å². The number of fused-ring (bicyclic) bond motifs is 1. The minimum absolute atomic E-state index is 0.0172. The van der Waals surface area contributed by atoms with Crippen LogP contribution in [0.5, 0.6) is 23.1 Å². The van der Waals surface area contributed by atoms with E-state index in [4.69, 9.17) is 23.7 Å². The Kier molecular flexibility index (Phi) is 15.0. The first kappa shape index (κ1) is 51.6. The summed E-state index contributed by atoms with van der Waals surface area (Å²) in [6, 6.07) is 25.0. The van der Waals surface area contributed by atoms with Crippen molar-refractivity contribution in [1.29, 1.82) is 0 Å². The number of piperazine rings is 1. The van der Waals surface area contributed by atoms with Crippen LogP contribution in [-0.4, -0.2) is 129 Å². The van der Waals surface area contributed by atoms with Crippen LogP contribution in [0.25, 0.3) is 11.0 Å². The molecule has 1 spiro atoms. The van der Waals surface area contributed by atoms with Gasteiger partial charge in [0.15, 0.2) is 5.75 Å². The fourth-order valence-electron chi connectivity index (χ4n) is 11.1. The molecule has 0 radical (unpaired) electrons. The summed E-state index contributed by atoms with van der Waals surface area (Å²) in [6.07, 6.45) is 5.76. The van der Waals surface area contributed by atoms with Gasteiger partial charge in [-0.25, -0.2) is 22.5 Å². The van der Waals surface area contributed by atoms with E-state index in [-0.39, 0.29) is 64.4 Å². The van der Waals surface area contributed by atoms with Gasteiger partial charge >= 0.3 is 5.69 Å². The Labute approximate surface area is 434 Å². The van der Waals surface area contributed by atoms with Crippen LogP contribution in [0.1, 0.15) is 78.5 Å². The number of piperidine rings is 1. The summed E-state index contributed by atoms with van der Waals surface area (Å²) in [5, 5.41) is 15.1. The molecule has 3 aliphatic heterocycles. The molecule has 1 saturated carbocycles. The van der Waals surface area contributed by atoms with Gasteiger partial charge in [-0.15, -0.1) is 0 Å². The molecule has 3 N–H and O–H groups in total. The van der Waals surface area contributed by atoms with E-state index in [0.717, 1.165) is 94.8 Å². The molecule has 0 unspecified atom stereocenters. The molecule has 1 aliphatic carbocycles. The molecule has 0 bridgehead atoms. The van der Waals surface area contributed by atoms with Crippen LogP contribution in [-0.2, 0) is 26.0 Å². The Hall–Kier alpha value is -6.91. The number of aromatic amines is 1. The predicted molar refractivity (Wildman–Crippen MR) is 279 cm³/mol. The van der Waals surface area contributed by atoms with E-state index in [1.165, 1.54) is 35.9 Å². The average molecular weight is 1050 g/mol. The highest BCUT2D eigenvalue weighted by molar-refractivity contribution is 7.90. The van der Waals surface area contributed by atoms with Crippen molar-refractivity contribution in [3.63, 3.8) is 0 Å². The number of benzene rings is 3. The molecule has 3 aromatic carbocycles. The van der Waals surface area contributed by atoms with E-state index in [1.54, 1.807) is 19.2 Å². The van der Waals surface area contributed by atoms with Crippen molar-refractivity contribution in [3.05, 3.63) is 129 Å². The molecular weight excluding hydrogens is 986 g/mol. The number of H-pyrrole nitrogens is 1. The standard InChI is InChI=1S/C54H62FN9O10S/c1-34(2)41-7-5-6-8-42(41)47-32-61(31-35-9-12-38(70-3)13-10-35)19-20-63(47)37-26-54(27-37)15-17-62(18-16-54)36-11-14-43(48(23-36)74-49-25-44-45(55)30-58-50(44)59-53(49)71-4)52(65)60-75(68,69)40-24-46(64(66)67)51(57-29-40)56-28-39-33-72-21-22-73-39/h5-14,23-25,29-30,34,37,39,47H,15-22,26-28,31-33H2,1-4H3,(H,56,57)(H,58,59)(H,60,65)/t39-,47-/m0/s1. The highest BCUT2D eigenvalue weighted by Gasteiger charge is 2.50. The van der Waals surface area contributed by atoms with Gasteiger partial charge in [0.1, 0.15) is 27.9 Å². The number of nitro groups is 1. The molecule has 6 heterocycles. The average Bonchev–Trinajstić information content (AvgIpc) is 3.77. The largest absolute Gasteiger partial charge is 0.497 e. The van der Waals surface area contributed by atoms with E-state index in [2.05, 4.69) is 85.2 Å². The summed E-state index contributed by atoms with van der Waals surface area (Å²) in [7, 11) is -1.69.